The molecule has 4 nitrogen and oxygen atoms in total. The van der Waals surface area contributed by atoms with E-state index >= 15 is 0 Å². The number of nitrogens with one attached hydrogen (secondary N) is 1. The van der Waals surface area contributed by atoms with Crippen molar-refractivity contribution in [3.63, 3.8) is 0 Å². The SMILES string of the molecule is N[C@@H](Cc1cc(F)cc(F)c1)[C@H](O)CNCc1cncs1. The molecule has 0 unspecified atom stereocenters. The summed E-state index contributed by atoms with van der Waals surface area (Å²) in [5, 5.41) is 13.0. The lowest BCUT2D eigenvalue weighted by molar-refractivity contribution is 0.141. The van der Waals surface area contributed by atoms with Gasteiger partial charge in [-0.3, -0.25) is 4.98 Å². The molecule has 0 bridgehead atoms. The van der Waals surface area contributed by atoms with Gasteiger partial charge in [-0.05, 0) is 24.1 Å². The molecule has 1 aromatic heterocycles. The number of aromatic nitrogens is 1. The van der Waals surface area contributed by atoms with Crippen molar-refractivity contribution in [2.45, 2.75) is 25.1 Å². The predicted molar refractivity (Wildman–Crippen MR) is 77.9 cm³/mol. The molecule has 2 aromatic rings. The van der Waals surface area contributed by atoms with Gasteiger partial charge in [-0.1, -0.05) is 0 Å². The van der Waals surface area contributed by atoms with E-state index in [2.05, 4.69) is 10.3 Å². The van der Waals surface area contributed by atoms with Gasteiger partial charge in [-0.2, -0.15) is 0 Å². The molecule has 2 atom stereocenters. The zero-order valence-electron chi connectivity index (χ0n) is 11.3. The van der Waals surface area contributed by atoms with Crippen LogP contribution in [0.15, 0.2) is 29.9 Å². The molecular weight excluding hydrogens is 296 g/mol. The Morgan fingerprint density at radius 1 is 1.29 bits per heavy atom. The number of benzene rings is 1. The molecule has 4 N–H and O–H groups in total. The first-order valence-corrected chi connectivity index (χ1v) is 7.39. The highest BCUT2D eigenvalue weighted by Gasteiger charge is 2.16. The summed E-state index contributed by atoms with van der Waals surface area (Å²) >= 11 is 1.52. The van der Waals surface area contributed by atoms with E-state index in [-0.39, 0.29) is 6.42 Å². The highest BCUT2D eigenvalue weighted by Crippen LogP contribution is 2.11. The van der Waals surface area contributed by atoms with Crippen LogP contribution in [0.5, 0.6) is 0 Å². The van der Waals surface area contributed by atoms with Gasteiger partial charge in [0.15, 0.2) is 0 Å². The van der Waals surface area contributed by atoms with E-state index in [0.717, 1.165) is 10.9 Å². The van der Waals surface area contributed by atoms with Crippen LogP contribution in [0, 0.1) is 11.6 Å². The largest absolute Gasteiger partial charge is 0.390 e. The average molecular weight is 313 g/mol. The zero-order valence-corrected chi connectivity index (χ0v) is 12.1. The number of rotatable bonds is 7. The van der Waals surface area contributed by atoms with Crippen molar-refractivity contribution < 1.29 is 13.9 Å². The lowest BCUT2D eigenvalue weighted by atomic mass is 10.0. The molecule has 0 aliphatic carbocycles. The number of aliphatic hydroxyl groups excluding tert-OH is 1. The molecule has 0 amide bonds. The van der Waals surface area contributed by atoms with Crippen LogP contribution in [0.3, 0.4) is 0 Å². The smallest absolute Gasteiger partial charge is 0.126 e. The molecule has 0 spiro atoms. The fourth-order valence-corrected chi connectivity index (χ4v) is 2.53. The third kappa shape index (κ3) is 5.13. The minimum atomic E-state index is -0.802. The topological polar surface area (TPSA) is 71.2 Å². The fourth-order valence-electron chi connectivity index (χ4n) is 1.96. The molecule has 1 aromatic carbocycles. The Morgan fingerprint density at radius 2 is 2.00 bits per heavy atom. The first kappa shape index (κ1) is 16.0. The molecule has 0 saturated heterocycles. The van der Waals surface area contributed by atoms with Crippen molar-refractivity contribution in [2.75, 3.05) is 6.54 Å². The molecular formula is C14H17F2N3OS. The van der Waals surface area contributed by atoms with E-state index in [9.17, 15) is 13.9 Å². The van der Waals surface area contributed by atoms with Crippen LogP contribution in [0.2, 0.25) is 0 Å². The van der Waals surface area contributed by atoms with Gasteiger partial charge in [0, 0.05) is 36.3 Å². The number of halogens is 2. The second kappa shape index (κ2) is 7.56. The van der Waals surface area contributed by atoms with E-state index < -0.39 is 23.8 Å². The Labute approximate surface area is 125 Å². The number of nitrogens with two attached hydrogens (primary N) is 1. The number of nitrogens with zero attached hydrogens (tertiary/aromatic N) is 1. The fraction of sp³-hybridized carbons (Fsp3) is 0.357. The first-order valence-electron chi connectivity index (χ1n) is 6.51. The molecule has 0 aliphatic heterocycles. The van der Waals surface area contributed by atoms with Gasteiger partial charge in [0.1, 0.15) is 11.6 Å². The highest BCUT2D eigenvalue weighted by molar-refractivity contribution is 7.09. The van der Waals surface area contributed by atoms with Gasteiger partial charge in [-0.25, -0.2) is 8.78 Å². The van der Waals surface area contributed by atoms with Gasteiger partial charge < -0.3 is 16.2 Å². The van der Waals surface area contributed by atoms with Crippen LogP contribution in [-0.2, 0) is 13.0 Å². The number of thiazole rings is 1. The van der Waals surface area contributed by atoms with Crippen molar-refractivity contribution in [3.8, 4) is 0 Å². The average Bonchev–Trinajstić information content (AvgIpc) is 2.90. The van der Waals surface area contributed by atoms with E-state index in [4.69, 9.17) is 5.73 Å². The molecule has 0 aliphatic rings. The quantitative estimate of drug-likeness (QED) is 0.723. The molecule has 0 saturated carbocycles. The van der Waals surface area contributed by atoms with Crippen molar-refractivity contribution in [3.05, 3.63) is 52.0 Å². The minimum absolute atomic E-state index is 0.206. The Hall–Kier alpha value is -1.41. The normalized spacial score (nSPS) is 14.1. The highest BCUT2D eigenvalue weighted by atomic mass is 32.1. The summed E-state index contributed by atoms with van der Waals surface area (Å²) < 4.78 is 26.2. The Bertz CT molecular complexity index is 545. The standard InChI is InChI=1S/C14H17F2N3OS/c15-10-1-9(2-11(16)4-10)3-13(17)14(20)7-18-5-12-6-19-8-21-12/h1-2,4,6,8,13-14,18,20H,3,5,7,17H2/t13-,14+/m0/s1. The maximum Gasteiger partial charge on any atom is 0.126 e. The van der Waals surface area contributed by atoms with Crippen molar-refractivity contribution in [1.82, 2.24) is 10.3 Å². The van der Waals surface area contributed by atoms with Gasteiger partial charge in [0.05, 0.1) is 11.6 Å². The van der Waals surface area contributed by atoms with Crippen LogP contribution in [0.4, 0.5) is 8.78 Å². The van der Waals surface area contributed by atoms with E-state index in [1.54, 1.807) is 11.7 Å². The Kier molecular flexibility index (Phi) is 5.75. The van der Waals surface area contributed by atoms with Crippen LogP contribution in [0.25, 0.3) is 0 Å². The summed E-state index contributed by atoms with van der Waals surface area (Å²) in [7, 11) is 0. The Morgan fingerprint density at radius 3 is 2.62 bits per heavy atom. The lowest BCUT2D eigenvalue weighted by Gasteiger charge is -2.19. The lowest BCUT2D eigenvalue weighted by Crippen LogP contribution is -2.42. The second-order valence-electron chi connectivity index (χ2n) is 4.81. The number of hydrogen-bond donors (Lipinski definition) is 3. The van der Waals surface area contributed by atoms with E-state index in [1.807, 2.05) is 0 Å². The monoisotopic (exact) mass is 313 g/mol. The molecule has 7 heteroatoms. The third-order valence-electron chi connectivity index (χ3n) is 3.02. The van der Waals surface area contributed by atoms with Crippen LogP contribution in [-0.4, -0.2) is 28.8 Å². The molecule has 21 heavy (non-hydrogen) atoms. The number of aliphatic hydroxyl groups is 1. The molecule has 114 valence electrons. The van der Waals surface area contributed by atoms with Crippen molar-refractivity contribution in [2.24, 2.45) is 5.73 Å². The van der Waals surface area contributed by atoms with Gasteiger partial charge in [-0.15, -0.1) is 11.3 Å². The third-order valence-corrected chi connectivity index (χ3v) is 3.80. The van der Waals surface area contributed by atoms with Crippen LogP contribution >= 0.6 is 11.3 Å². The maximum atomic E-state index is 13.1. The van der Waals surface area contributed by atoms with Crippen LogP contribution < -0.4 is 11.1 Å². The summed E-state index contributed by atoms with van der Waals surface area (Å²) in [6, 6.07) is 2.66. The Balaban J connectivity index is 1.80. The van der Waals surface area contributed by atoms with Gasteiger partial charge in [0.2, 0.25) is 0 Å². The van der Waals surface area contributed by atoms with Crippen LogP contribution in [0.1, 0.15) is 10.4 Å². The summed E-state index contributed by atoms with van der Waals surface area (Å²) in [5.41, 5.74) is 8.03. The minimum Gasteiger partial charge on any atom is -0.390 e. The number of hydrogen-bond acceptors (Lipinski definition) is 5. The van der Waals surface area contributed by atoms with E-state index in [1.165, 1.54) is 23.5 Å². The second-order valence-corrected chi connectivity index (χ2v) is 5.78. The molecule has 1 heterocycles. The summed E-state index contributed by atoms with van der Waals surface area (Å²) in [6.07, 6.45) is 1.15. The summed E-state index contributed by atoms with van der Waals surface area (Å²) in [5.74, 6) is -1.29. The first-order chi connectivity index (χ1) is 10.0. The predicted octanol–water partition coefficient (Wildman–Crippen LogP) is 1.44. The molecule has 2 rings (SSSR count). The van der Waals surface area contributed by atoms with E-state index in [0.29, 0.717) is 18.7 Å². The maximum absolute atomic E-state index is 13.1. The van der Waals surface area contributed by atoms with Crippen molar-refractivity contribution in [1.29, 1.82) is 0 Å². The van der Waals surface area contributed by atoms with Crippen molar-refractivity contribution >= 4 is 11.3 Å². The summed E-state index contributed by atoms with van der Waals surface area (Å²) in [4.78, 5) is 5.01. The molecule has 0 fully saturated rings. The molecule has 0 radical (unpaired) electrons. The summed E-state index contributed by atoms with van der Waals surface area (Å²) in [6.45, 7) is 0.903. The zero-order chi connectivity index (χ0) is 15.2. The van der Waals surface area contributed by atoms with Gasteiger partial charge >= 0.3 is 0 Å². The van der Waals surface area contributed by atoms with Gasteiger partial charge in [0.25, 0.3) is 0 Å².